The van der Waals surface area contributed by atoms with Crippen molar-refractivity contribution in [3.63, 3.8) is 0 Å². The molecule has 0 unspecified atom stereocenters. The topological polar surface area (TPSA) is 97.0 Å². The number of nitrogens with zero attached hydrogens (tertiary/aromatic N) is 2. The minimum Gasteiger partial charge on any atom is -0.444 e. The molecule has 19 heavy (non-hydrogen) atoms. The predicted molar refractivity (Wildman–Crippen MR) is 77.5 cm³/mol. The maximum absolute atomic E-state index is 11.3. The predicted octanol–water partition coefficient (Wildman–Crippen LogP) is 1.20. The Hall–Kier alpha value is -1.28. The fraction of sp³-hybridized carbons (Fsp3) is 0.727. The molecule has 0 aromatic carbocycles. The largest absolute Gasteiger partial charge is 0.444 e. The number of urea groups is 1. The van der Waals surface area contributed by atoms with Gasteiger partial charge in [-0.2, -0.15) is 0 Å². The minimum absolute atomic E-state index is 0.202. The van der Waals surface area contributed by atoms with E-state index in [1.54, 1.807) is 20.8 Å². The third-order valence-corrected chi connectivity index (χ3v) is 2.11. The smallest absolute Gasteiger partial charge is 0.407 e. The molecule has 0 aromatic rings. The van der Waals surface area contributed by atoms with Crippen LogP contribution in [0.15, 0.2) is 4.99 Å². The Morgan fingerprint density at radius 1 is 1.47 bits per heavy atom. The Bertz CT molecular complexity index is 328. The number of carbonyl (C=O) groups excluding carboxylic acids is 2. The first-order chi connectivity index (χ1) is 8.76. The molecule has 0 rings (SSSR count). The molecule has 3 N–H and O–H groups in total. The van der Waals surface area contributed by atoms with E-state index in [1.807, 2.05) is 0 Å². The van der Waals surface area contributed by atoms with E-state index in [0.717, 1.165) is 4.31 Å². The number of hydrogen-bond donors (Lipinski definition) is 3. The summed E-state index contributed by atoms with van der Waals surface area (Å²) in [6.07, 6.45) is 1.38. The van der Waals surface area contributed by atoms with E-state index in [2.05, 4.69) is 23.1 Å². The lowest BCUT2D eigenvalue weighted by Gasteiger charge is -2.20. The van der Waals surface area contributed by atoms with Crippen LogP contribution in [0, 0.1) is 0 Å². The molecule has 0 aromatic heterocycles. The normalized spacial score (nSPS) is 11.4. The molecular formula is C11H22N4O3S. The van der Waals surface area contributed by atoms with E-state index >= 15 is 0 Å². The van der Waals surface area contributed by atoms with Gasteiger partial charge in [0.25, 0.3) is 0 Å². The van der Waals surface area contributed by atoms with Crippen LogP contribution in [0.5, 0.6) is 0 Å². The Labute approximate surface area is 119 Å². The standard InChI is InChI=1S/C11H22N4O3S/c1-11(2,3)18-10(17)14-6-4-8-15(19)9(16)13-7-5-12/h7,19H,4-6,8,12H2,1-3H3,(H,14,17). The summed E-state index contributed by atoms with van der Waals surface area (Å²) in [5, 5.41) is 2.59. The number of nitrogens with two attached hydrogens (primary N) is 1. The summed E-state index contributed by atoms with van der Waals surface area (Å²) >= 11 is 3.98. The summed E-state index contributed by atoms with van der Waals surface area (Å²) in [5.74, 6) is 0. The Morgan fingerprint density at radius 3 is 2.63 bits per heavy atom. The van der Waals surface area contributed by atoms with Gasteiger partial charge in [0, 0.05) is 25.8 Å². The molecule has 0 fully saturated rings. The Kier molecular flexibility index (Phi) is 8.17. The first-order valence-corrected chi connectivity index (χ1v) is 6.36. The van der Waals surface area contributed by atoms with E-state index in [4.69, 9.17) is 10.5 Å². The second-order valence-electron chi connectivity index (χ2n) is 4.74. The van der Waals surface area contributed by atoms with Gasteiger partial charge in [0.15, 0.2) is 0 Å². The molecule has 0 atom stereocenters. The minimum atomic E-state index is -0.521. The van der Waals surface area contributed by atoms with E-state index < -0.39 is 17.7 Å². The molecule has 0 aliphatic carbocycles. The average molecular weight is 290 g/mol. The van der Waals surface area contributed by atoms with Crippen molar-refractivity contribution in [2.45, 2.75) is 32.8 Å². The molecule has 0 aliphatic rings. The van der Waals surface area contributed by atoms with Crippen LogP contribution in [0.25, 0.3) is 0 Å². The molecule has 8 heteroatoms. The molecule has 0 radical (unpaired) electrons. The van der Waals surface area contributed by atoms with Gasteiger partial charge in [0.05, 0.1) is 0 Å². The van der Waals surface area contributed by atoms with Crippen LogP contribution in [0.1, 0.15) is 27.2 Å². The molecule has 0 bridgehead atoms. The highest BCUT2D eigenvalue weighted by Crippen LogP contribution is 2.06. The van der Waals surface area contributed by atoms with Crippen LogP contribution in [0.4, 0.5) is 9.59 Å². The van der Waals surface area contributed by atoms with Crippen molar-refractivity contribution in [3.8, 4) is 0 Å². The summed E-state index contributed by atoms with van der Waals surface area (Å²) in [5.41, 5.74) is 4.65. The second kappa shape index (κ2) is 8.76. The van der Waals surface area contributed by atoms with E-state index in [0.29, 0.717) is 19.5 Å². The molecule has 0 spiro atoms. The van der Waals surface area contributed by atoms with Gasteiger partial charge in [-0.05, 0) is 27.2 Å². The first kappa shape index (κ1) is 17.7. The van der Waals surface area contributed by atoms with E-state index in [-0.39, 0.29) is 6.54 Å². The third kappa shape index (κ3) is 10.3. The lowest BCUT2D eigenvalue weighted by molar-refractivity contribution is 0.0527. The number of ether oxygens (including phenoxy) is 1. The van der Waals surface area contributed by atoms with Crippen LogP contribution in [-0.2, 0) is 4.74 Å². The highest BCUT2D eigenvalue weighted by molar-refractivity contribution is 7.78. The van der Waals surface area contributed by atoms with Crippen molar-refractivity contribution >= 4 is 31.2 Å². The van der Waals surface area contributed by atoms with Crippen molar-refractivity contribution in [3.05, 3.63) is 0 Å². The Balaban J connectivity index is 3.77. The van der Waals surface area contributed by atoms with Crippen molar-refractivity contribution in [2.75, 3.05) is 19.6 Å². The summed E-state index contributed by atoms with van der Waals surface area (Å²) in [4.78, 5) is 26.2. The molecule has 3 amide bonds. The summed E-state index contributed by atoms with van der Waals surface area (Å²) < 4.78 is 6.21. The molecule has 110 valence electrons. The number of alkyl carbamates (subject to hydrolysis) is 1. The maximum Gasteiger partial charge on any atom is 0.407 e. The SMILES string of the molecule is CC(C)(C)OC(=O)NCCCN(S)C(=O)N=CCN. The van der Waals surface area contributed by atoms with Crippen LogP contribution in [0.3, 0.4) is 0 Å². The van der Waals surface area contributed by atoms with Crippen molar-refractivity contribution in [1.82, 2.24) is 9.62 Å². The number of thiol groups is 1. The monoisotopic (exact) mass is 290 g/mol. The van der Waals surface area contributed by atoms with Crippen LogP contribution in [-0.4, -0.2) is 47.9 Å². The molecule has 0 heterocycles. The number of carbonyl (C=O) groups is 2. The fourth-order valence-corrected chi connectivity index (χ4v) is 1.22. The van der Waals surface area contributed by atoms with Crippen molar-refractivity contribution in [2.24, 2.45) is 10.7 Å². The Morgan fingerprint density at radius 2 is 2.11 bits per heavy atom. The lowest BCUT2D eigenvalue weighted by Crippen LogP contribution is -2.34. The van der Waals surface area contributed by atoms with Gasteiger partial charge in [0.2, 0.25) is 0 Å². The second-order valence-corrected chi connectivity index (χ2v) is 5.22. The number of aliphatic imine (C=N–C) groups is 1. The number of nitrogens with one attached hydrogen (secondary N) is 1. The van der Waals surface area contributed by atoms with Crippen molar-refractivity contribution in [1.29, 1.82) is 0 Å². The number of amides is 3. The molecule has 0 aliphatic heterocycles. The quantitative estimate of drug-likeness (QED) is 0.402. The van der Waals surface area contributed by atoms with Gasteiger partial charge in [-0.15, -0.1) is 0 Å². The molecular weight excluding hydrogens is 268 g/mol. The van der Waals surface area contributed by atoms with Crippen molar-refractivity contribution < 1.29 is 14.3 Å². The number of hydrogen-bond acceptors (Lipinski definition) is 5. The van der Waals surface area contributed by atoms with Gasteiger partial charge in [0.1, 0.15) is 5.60 Å². The zero-order valence-electron chi connectivity index (χ0n) is 11.5. The van der Waals surface area contributed by atoms with Gasteiger partial charge in [-0.1, -0.05) is 12.8 Å². The average Bonchev–Trinajstić information content (AvgIpc) is 2.29. The summed E-state index contributed by atoms with van der Waals surface area (Å²) in [6, 6.07) is -0.481. The van der Waals surface area contributed by atoms with Gasteiger partial charge in [-0.3, -0.25) is 4.31 Å². The van der Waals surface area contributed by atoms with Gasteiger partial charge < -0.3 is 15.8 Å². The zero-order chi connectivity index (χ0) is 14.9. The highest BCUT2D eigenvalue weighted by Gasteiger charge is 2.15. The van der Waals surface area contributed by atoms with E-state index in [9.17, 15) is 9.59 Å². The highest BCUT2D eigenvalue weighted by atomic mass is 32.1. The summed E-state index contributed by atoms with van der Waals surface area (Å²) in [7, 11) is 0. The fourth-order valence-electron chi connectivity index (χ4n) is 1.03. The van der Waals surface area contributed by atoms with Gasteiger partial charge >= 0.3 is 12.1 Å². The van der Waals surface area contributed by atoms with Crippen LogP contribution < -0.4 is 11.1 Å². The van der Waals surface area contributed by atoms with E-state index in [1.165, 1.54) is 6.21 Å². The first-order valence-electron chi connectivity index (χ1n) is 5.96. The third-order valence-electron chi connectivity index (χ3n) is 1.74. The molecule has 0 saturated carbocycles. The zero-order valence-corrected chi connectivity index (χ0v) is 12.4. The molecule has 0 saturated heterocycles. The maximum atomic E-state index is 11.3. The number of rotatable bonds is 5. The molecule has 7 nitrogen and oxygen atoms in total. The summed E-state index contributed by atoms with van der Waals surface area (Å²) in [6.45, 7) is 6.32. The van der Waals surface area contributed by atoms with Crippen LogP contribution in [0.2, 0.25) is 0 Å². The van der Waals surface area contributed by atoms with Crippen LogP contribution >= 0.6 is 12.8 Å². The van der Waals surface area contributed by atoms with Gasteiger partial charge in [-0.25, -0.2) is 14.6 Å². The lowest BCUT2D eigenvalue weighted by atomic mass is 10.2.